The van der Waals surface area contributed by atoms with Crippen molar-refractivity contribution in [3.8, 4) is 0 Å². The maximum absolute atomic E-state index is 12.9. The summed E-state index contributed by atoms with van der Waals surface area (Å²) in [5.41, 5.74) is 3.28. The van der Waals surface area contributed by atoms with E-state index in [9.17, 15) is 4.79 Å². The molecule has 0 aromatic heterocycles. The average Bonchev–Trinajstić information content (AvgIpc) is 2.70. The van der Waals surface area contributed by atoms with Crippen LogP contribution in [0.5, 0.6) is 0 Å². The molecule has 3 aromatic carbocycles. The van der Waals surface area contributed by atoms with Crippen molar-refractivity contribution < 1.29 is 4.79 Å². The fraction of sp³-hybridized carbons (Fsp3) is 0.136. The number of benzene rings is 3. The topological polar surface area (TPSA) is 17.1 Å². The summed E-state index contributed by atoms with van der Waals surface area (Å²) in [6, 6.07) is 30.3. The fourth-order valence-electron chi connectivity index (χ4n) is 2.43. The number of thioether (sulfide) groups is 2. The standard InChI is InChI=1S/C22H20OS2/c23-21(20-14-8-3-9-15-20)22(24-16-18-10-4-1-5-11-18)25-17-19-12-6-2-7-13-19/h1-15,22H,16-17H2. The van der Waals surface area contributed by atoms with Crippen LogP contribution in [0.25, 0.3) is 0 Å². The van der Waals surface area contributed by atoms with Gasteiger partial charge >= 0.3 is 0 Å². The van der Waals surface area contributed by atoms with Crippen LogP contribution in [0.4, 0.5) is 0 Å². The van der Waals surface area contributed by atoms with E-state index < -0.39 is 0 Å². The molecule has 0 amide bonds. The zero-order chi connectivity index (χ0) is 17.3. The minimum Gasteiger partial charge on any atom is -0.292 e. The van der Waals surface area contributed by atoms with Crippen LogP contribution < -0.4 is 0 Å². The molecule has 0 saturated carbocycles. The zero-order valence-electron chi connectivity index (χ0n) is 13.9. The largest absolute Gasteiger partial charge is 0.292 e. The third-order valence-corrected chi connectivity index (χ3v) is 6.61. The van der Waals surface area contributed by atoms with E-state index in [0.717, 1.165) is 17.1 Å². The first kappa shape index (κ1) is 17.8. The molecule has 0 aliphatic heterocycles. The van der Waals surface area contributed by atoms with Gasteiger partial charge in [0.25, 0.3) is 0 Å². The molecule has 0 saturated heterocycles. The third-order valence-electron chi connectivity index (χ3n) is 3.76. The summed E-state index contributed by atoms with van der Waals surface area (Å²) in [5, 5.41) is 0. The van der Waals surface area contributed by atoms with Crippen LogP contribution in [0.15, 0.2) is 91.0 Å². The monoisotopic (exact) mass is 364 g/mol. The van der Waals surface area contributed by atoms with Gasteiger partial charge in [-0.3, -0.25) is 4.79 Å². The van der Waals surface area contributed by atoms with Gasteiger partial charge in [-0.1, -0.05) is 91.0 Å². The number of carbonyl (C=O) groups is 1. The second-order valence-corrected chi connectivity index (χ2v) is 8.14. The summed E-state index contributed by atoms with van der Waals surface area (Å²) in [4.78, 5) is 12.9. The number of carbonyl (C=O) groups excluding carboxylic acids is 1. The van der Waals surface area contributed by atoms with Gasteiger partial charge in [-0.2, -0.15) is 0 Å². The van der Waals surface area contributed by atoms with Gasteiger partial charge in [-0.25, -0.2) is 0 Å². The molecule has 0 aliphatic rings. The molecule has 0 heterocycles. The van der Waals surface area contributed by atoms with Crippen LogP contribution in [0.3, 0.4) is 0 Å². The van der Waals surface area contributed by atoms with E-state index in [1.54, 1.807) is 23.5 Å². The number of rotatable bonds is 8. The Hall–Kier alpha value is -1.97. The molecule has 1 nitrogen and oxygen atoms in total. The summed E-state index contributed by atoms with van der Waals surface area (Å²) in [5.74, 6) is 1.88. The maximum Gasteiger partial charge on any atom is 0.185 e. The summed E-state index contributed by atoms with van der Waals surface area (Å²) in [6.45, 7) is 0. The van der Waals surface area contributed by atoms with E-state index in [2.05, 4.69) is 24.3 Å². The van der Waals surface area contributed by atoms with Gasteiger partial charge in [0.1, 0.15) is 4.58 Å². The van der Waals surface area contributed by atoms with Crippen molar-refractivity contribution in [1.29, 1.82) is 0 Å². The lowest BCUT2D eigenvalue weighted by Gasteiger charge is -2.15. The quantitative estimate of drug-likeness (QED) is 0.357. The highest BCUT2D eigenvalue weighted by molar-refractivity contribution is 8.17. The molecule has 0 unspecified atom stereocenters. The molecule has 0 aliphatic carbocycles. The molecule has 0 N–H and O–H groups in total. The van der Waals surface area contributed by atoms with E-state index in [-0.39, 0.29) is 10.4 Å². The lowest BCUT2D eigenvalue weighted by molar-refractivity contribution is 0.101. The van der Waals surface area contributed by atoms with Crippen molar-refractivity contribution in [2.45, 2.75) is 16.1 Å². The summed E-state index contributed by atoms with van der Waals surface area (Å²) < 4.78 is -0.109. The van der Waals surface area contributed by atoms with Crippen LogP contribution in [0.1, 0.15) is 21.5 Å². The Labute approximate surface area is 157 Å². The lowest BCUT2D eigenvalue weighted by Crippen LogP contribution is -2.14. The van der Waals surface area contributed by atoms with Crippen molar-refractivity contribution in [3.05, 3.63) is 108 Å². The Morgan fingerprint density at radius 2 is 1.04 bits per heavy atom. The van der Waals surface area contributed by atoms with Gasteiger partial charge in [0.05, 0.1) is 0 Å². The molecular weight excluding hydrogens is 344 g/mol. The lowest BCUT2D eigenvalue weighted by atomic mass is 10.1. The Morgan fingerprint density at radius 3 is 1.48 bits per heavy atom. The number of hydrogen-bond donors (Lipinski definition) is 0. The minimum atomic E-state index is -0.109. The Kier molecular flexibility index (Phi) is 6.78. The molecule has 0 radical (unpaired) electrons. The van der Waals surface area contributed by atoms with Gasteiger partial charge in [-0.05, 0) is 11.1 Å². The Balaban J connectivity index is 1.69. The highest BCUT2D eigenvalue weighted by atomic mass is 32.2. The molecule has 0 atom stereocenters. The van der Waals surface area contributed by atoms with E-state index in [1.165, 1.54) is 11.1 Å². The van der Waals surface area contributed by atoms with Crippen LogP contribution >= 0.6 is 23.5 Å². The smallest absolute Gasteiger partial charge is 0.185 e. The van der Waals surface area contributed by atoms with Crippen molar-refractivity contribution in [3.63, 3.8) is 0 Å². The predicted octanol–water partition coefficient (Wildman–Crippen LogP) is 6.06. The molecule has 3 heteroatoms. The van der Waals surface area contributed by atoms with Crippen LogP contribution in [0.2, 0.25) is 0 Å². The highest BCUT2D eigenvalue weighted by Gasteiger charge is 2.21. The molecule has 25 heavy (non-hydrogen) atoms. The minimum absolute atomic E-state index is 0.109. The second-order valence-electron chi connectivity index (χ2n) is 5.66. The average molecular weight is 365 g/mol. The third kappa shape index (κ3) is 5.52. The van der Waals surface area contributed by atoms with Crippen LogP contribution in [-0.4, -0.2) is 10.4 Å². The number of ketones is 1. The summed E-state index contributed by atoms with van der Waals surface area (Å²) in [6.07, 6.45) is 0. The van der Waals surface area contributed by atoms with Crippen molar-refractivity contribution in [2.75, 3.05) is 0 Å². The molecule has 3 aromatic rings. The molecular formula is C22H20OS2. The van der Waals surface area contributed by atoms with Gasteiger partial charge in [-0.15, -0.1) is 23.5 Å². The van der Waals surface area contributed by atoms with Crippen LogP contribution in [-0.2, 0) is 11.5 Å². The molecule has 0 fully saturated rings. The van der Waals surface area contributed by atoms with Gasteiger partial charge in [0.2, 0.25) is 0 Å². The number of hydrogen-bond acceptors (Lipinski definition) is 3. The molecule has 0 bridgehead atoms. The Bertz CT molecular complexity index is 729. The molecule has 0 spiro atoms. The van der Waals surface area contributed by atoms with Crippen molar-refractivity contribution in [1.82, 2.24) is 0 Å². The normalized spacial score (nSPS) is 10.8. The second kappa shape index (κ2) is 9.50. The SMILES string of the molecule is O=C(c1ccccc1)C(SCc1ccccc1)SCc1ccccc1. The summed E-state index contributed by atoms with van der Waals surface area (Å²) >= 11 is 3.42. The first-order valence-electron chi connectivity index (χ1n) is 8.23. The van der Waals surface area contributed by atoms with Crippen molar-refractivity contribution in [2.24, 2.45) is 0 Å². The van der Waals surface area contributed by atoms with Gasteiger partial charge < -0.3 is 0 Å². The van der Waals surface area contributed by atoms with Crippen LogP contribution in [0, 0.1) is 0 Å². The maximum atomic E-state index is 12.9. The zero-order valence-corrected chi connectivity index (χ0v) is 15.5. The highest BCUT2D eigenvalue weighted by Crippen LogP contribution is 2.32. The molecule has 3 rings (SSSR count). The van der Waals surface area contributed by atoms with E-state index >= 15 is 0 Å². The van der Waals surface area contributed by atoms with Gasteiger partial charge in [0.15, 0.2) is 5.78 Å². The van der Waals surface area contributed by atoms with E-state index in [1.807, 2.05) is 66.7 Å². The van der Waals surface area contributed by atoms with Crippen molar-refractivity contribution >= 4 is 29.3 Å². The van der Waals surface area contributed by atoms with E-state index in [0.29, 0.717) is 0 Å². The summed E-state index contributed by atoms with van der Waals surface area (Å²) in [7, 11) is 0. The first-order chi connectivity index (χ1) is 12.3. The van der Waals surface area contributed by atoms with E-state index in [4.69, 9.17) is 0 Å². The first-order valence-corrected chi connectivity index (χ1v) is 10.3. The Morgan fingerprint density at radius 1 is 0.640 bits per heavy atom. The van der Waals surface area contributed by atoms with Gasteiger partial charge in [0, 0.05) is 17.1 Å². The fourth-order valence-corrected chi connectivity index (χ4v) is 4.87. The molecule has 126 valence electrons. The predicted molar refractivity (Wildman–Crippen MR) is 110 cm³/mol. The number of Topliss-reactive ketones (excluding diaryl/α,β-unsaturated/α-hetero) is 1.